The van der Waals surface area contributed by atoms with Gasteiger partial charge in [0.05, 0.1) is 0 Å². The Morgan fingerprint density at radius 3 is 2.62 bits per heavy atom. The molecule has 1 atom stereocenters. The fourth-order valence-corrected chi connectivity index (χ4v) is 3.58. The summed E-state index contributed by atoms with van der Waals surface area (Å²) in [6, 6.07) is 8.47. The second kappa shape index (κ2) is 13.5. The molecule has 1 aromatic carbocycles. The summed E-state index contributed by atoms with van der Waals surface area (Å²) in [7, 11) is 0. The summed E-state index contributed by atoms with van der Waals surface area (Å²) in [5.41, 5.74) is 5.86. The maximum atomic E-state index is 8.33. The Kier molecular flexibility index (Phi) is 14.2. The summed E-state index contributed by atoms with van der Waals surface area (Å²) in [6.45, 7) is 2.28. The SMILES string of the molecule is Nc1nccc2cc(SC3CCCNC3)ccc12.O=C([O-])[O-].[K+].[K+]. The number of nitrogens with two attached hydrogens (primary N) is 1. The first kappa shape index (κ1) is 25.3. The van der Waals surface area contributed by atoms with Crippen LogP contribution in [0.25, 0.3) is 10.8 Å². The van der Waals surface area contributed by atoms with Crippen molar-refractivity contribution in [2.45, 2.75) is 23.0 Å². The molecule has 0 saturated carbocycles. The molecule has 24 heavy (non-hydrogen) atoms. The minimum absolute atomic E-state index is 0. The van der Waals surface area contributed by atoms with Crippen molar-refractivity contribution in [3.63, 3.8) is 0 Å². The summed E-state index contributed by atoms with van der Waals surface area (Å²) in [4.78, 5) is 13.8. The Morgan fingerprint density at radius 1 is 1.29 bits per heavy atom. The third-order valence-electron chi connectivity index (χ3n) is 3.32. The van der Waals surface area contributed by atoms with E-state index in [2.05, 4.69) is 28.5 Å². The summed E-state index contributed by atoms with van der Waals surface area (Å²) >= 11 is 1.96. The van der Waals surface area contributed by atoms with E-state index in [1.54, 1.807) is 6.20 Å². The zero-order valence-electron chi connectivity index (χ0n) is 14.0. The van der Waals surface area contributed by atoms with Crippen LogP contribution in [0.1, 0.15) is 12.8 Å². The second-order valence-corrected chi connectivity index (χ2v) is 6.29. The van der Waals surface area contributed by atoms with Crippen molar-refractivity contribution < 1.29 is 118 Å². The number of benzene rings is 1. The van der Waals surface area contributed by atoms with Crippen molar-refractivity contribution in [1.82, 2.24) is 10.3 Å². The zero-order valence-corrected chi connectivity index (χ0v) is 21.0. The number of hydrogen-bond acceptors (Lipinski definition) is 7. The van der Waals surface area contributed by atoms with Gasteiger partial charge < -0.3 is 26.1 Å². The number of aromatic nitrogens is 1. The number of pyridine rings is 1. The van der Waals surface area contributed by atoms with Crippen LogP contribution in [0.15, 0.2) is 35.4 Å². The maximum Gasteiger partial charge on any atom is 1.00 e. The van der Waals surface area contributed by atoms with Crippen LogP contribution in [0.3, 0.4) is 0 Å². The quantitative estimate of drug-likeness (QED) is 0.485. The molecule has 0 bridgehead atoms. The monoisotopic (exact) mass is 397 g/mol. The third-order valence-corrected chi connectivity index (χ3v) is 4.58. The Bertz CT molecular complexity index is 651. The van der Waals surface area contributed by atoms with Gasteiger partial charge in [0.1, 0.15) is 5.82 Å². The number of carboxylic acid groups (broad SMARTS) is 2. The summed E-state index contributed by atoms with van der Waals surface area (Å²) in [5.74, 6) is 0.614. The summed E-state index contributed by atoms with van der Waals surface area (Å²) in [6.07, 6.45) is 2.02. The largest absolute Gasteiger partial charge is 1.00 e. The number of rotatable bonds is 2. The van der Waals surface area contributed by atoms with Gasteiger partial charge in [-0.15, -0.1) is 11.8 Å². The Morgan fingerprint density at radius 2 is 2.00 bits per heavy atom. The third kappa shape index (κ3) is 8.78. The number of hydrogen-bond donors (Lipinski definition) is 2. The molecular formula is C15H17K2N3O3S. The van der Waals surface area contributed by atoms with Gasteiger partial charge in [-0.1, -0.05) is 0 Å². The molecule has 118 valence electrons. The minimum Gasteiger partial charge on any atom is -0.652 e. The van der Waals surface area contributed by atoms with Gasteiger partial charge in [0.2, 0.25) is 0 Å². The van der Waals surface area contributed by atoms with Crippen LogP contribution in [0.4, 0.5) is 10.6 Å². The van der Waals surface area contributed by atoms with E-state index in [9.17, 15) is 0 Å². The number of fused-ring (bicyclic) bond motifs is 1. The van der Waals surface area contributed by atoms with Crippen LogP contribution >= 0.6 is 11.8 Å². The molecule has 3 N–H and O–H groups in total. The number of nitrogens with zero attached hydrogens (tertiary/aromatic N) is 1. The van der Waals surface area contributed by atoms with Gasteiger partial charge in [-0.05, 0) is 55.2 Å². The van der Waals surface area contributed by atoms with E-state index in [0.29, 0.717) is 11.1 Å². The van der Waals surface area contributed by atoms with Crippen molar-refractivity contribution in [2.24, 2.45) is 0 Å². The molecule has 1 aliphatic heterocycles. The van der Waals surface area contributed by atoms with E-state index in [4.69, 9.17) is 20.7 Å². The summed E-state index contributed by atoms with van der Waals surface area (Å²) in [5, 5.41) is 23.0. The van der Waals surface area contributed by atoms with E-state index >= 15 is 0 Å². The number of thioether (sulfide) groups is 1. The van der Waals surface area contributed by atoms with Crippen molar-refractivity contribution in [3.8, 4) is 0 Å². The molecule has 2 heterocycles. The van der Waals surface area contributed by atoms with E-state index in [1.165, 1.54) is 23.1 Å². The molecule has 0 amide bonds. The predicted octanol–water partition coefficient (Wildman–Crippen LogP) is -5.78. The van der Waals surface area contributed by atoms with Gasteiger partial charge in [0.25, 0.3) is 0 Å². The van der Waals surface area contributed by atoms with Gasteiger partial charge in [-0.2, -0.15) is 0 Å². The van der Waals surface area contributed by atoms with Crippen LogP contribution in [0.5, 0.6) is 0 Å². The first-order valence-electron chi connectivity index (χ1n) is 6.96. The molecule has 1 aromatic heterocycles. The smallest absolute Gasteiger partial charge is 0.652 e. The molecule has 3 rings (SSSR count). The van der Waals surface area contributed by atoms with Crippen LogP contribution < -0.4 is 124 Å². The number of nitrogens with one attached hydrogen (secondary N) is 1. The summed E-state index contributed by atoms with van der Waals surface area (Å²) < 4.78 is 0. The topological polar surface area (TPSA) is 114 Å². The van der Waals surface area contributed by atoms with E-state index in [-0.39, 0.29) is 103 Å². The van der Waals surface area contributed by atoms with Gasteiger partial charge in [0.15, 0.2) is 0 Å². The molecule has 9 heteroatoms. The molecule has 1 fully saturated rings. The molecule has 1 aliphatic rings. The Labute approximate surface area is 230 Å². The molecule has 1 saturated heterocycles. The van der Waals surface area contributed by atoms with Crippen LogP contribution in [0.2, 0.25) is 0 Å². The first-order chi connectivity index (χ1) is 10.6. The molecule has 6 nitrogen and oxygen atoms in total. The van der Waals surface area contributed by atoms with Crippen LogP contribution in [0, 0.1) is 0 Å². The average molecular weight is 398 g/mol. The molecular weight excluding hydrogens is 380 g/mol. The Hall–Kier alpha value is 1.28. The normalized spacial score (nSPS) is 16.1. The van der Waals surface area contributed by atoms with Gasteiger partial charge in [0, 0.05) is 28.3 Å². The molecule has 1 unspecified atom stereocenters. The predicted molar refractivity (Wildman–Crippen MR) is 83.3 cm³/mol. The number of piperidine rings is 1. The van der Waals surface area contributed by atoms with Crippen molar-refractivity contribution in [1.29, 1.82) is 0 Å². The zero-order chi connectivity index (χ0) is 15.9. The number of nitrogen functional groups attached to an aromatic ring is 1. The van der Waals surface area contributed by atoms with Crippen molar-refractivity contribution >= 4 is 34.5 Å². The molecule has 2 aromatic rings. The first-order valence-corrected chi connectivity index (χ1v) is 7.84. The van der Waals surface area contributed by atoms with Gasteiger partial charge >= 0.3 is 103 Å². The molecule has 0 spiro atoms. The molecule has 0 radical (unpaired) electrons. The fraction of sp³-hybridized carbons (Fsp3) is 0.333. The van der Waals surface area contributed by atoms with Crippen molar-refractivity contribution in [3.05, 3.63) is 30.5 Å². The van der Waals surface area contributed by atoms with E-state index in [0.717, 1.165) is 18.5 Å². The number of anilines is 1. The van der Waals surface area contributed by atoms with E-state index < -0.39 is 6.16 Å². The minimum atomic E-state index is -2.33. The fourth-order valence-electron chi connectivity index (χ4n) is 2.37. The standard InChI is InChI=1S/C14H17N3S.CH2O3.2K/c15-14-13-4-3-11(8-10(13)5-7-17-14)18-12-2-1-6-16-9-12;2-1(3)4;;/h3-5,7-8,12,16H,1-2,6,9H2,(H2,15,17);(H2,2,3,4);;/q;;2*+1/p-2. The Balaban J connectivity index is 0.000000801. The number of carbonyl (C=O) groups excluding carboxylic acids is 1. The van der Waals surface area contributed by atoms with Crippen molar-refractivity contribution in [2.75, 3.05) is 18.8 Å². The van der Waals surface area contributed by atoms with Crippen LogP contribution in [-0.2, 0) is 0 Å². The van der Waals surface area contributed by atoms with E-state index in [1.807, 2.05) is 17.8 Å². The maximum absolute atomic E-state index is 8.33. The van der Waals surface area contributed by atoms with Gasteiger partial charge in [-0.3, -0.25) is 0 Å². The van der Waals surface area contributed by atoms with Gasteiger partial charge in [-0.25, -0.2) is 4.98 Å². The van der Waals surface area contributed by atoms with Crippen LogP contribution in [-0.4, -0.2) is 29.5 Å². The second-order valence-electron chi connectivity index (χ2n) is 4.92. The number of carbonyl (C=O) groups is 1. The average Bonchev–Trinajstić information content (AvgIpc) is 2.48. The molecule has 0 aliphatic carbocycles.